The van der Waals surface area contributed by atoms with Crippen molar-refractivity contribution >= 4 is 6.08 Å². The highest BCUT2D eigenvalue weighted by Gasteiger charge is 2.00. The zero-order chi connectivity index (χ0) is 6.10. The van der Waals surface area contributed by atoms with Crippen LogP contribution in [0.3, 0.4) is 0 Å². The van der Waals surface area contributed by atoms with E-state index < -0.39 is 0 Å². The lowest BCUT2D eigenvalue weighted by atomic mass is 10.1. The molecule has 1 aromatic carbocycles. The van der Waals surface area contributed by atoms with E-state index in [1.807, 2.05) is 0 Å². The van der Waals surface area contributed by atoms with Crippen molar-refractivity contribution in [3.63, 3.8) is 0 Å². The molecule has 10 heavy (non-hydrogen) atoms. The van der Waals surface area contributed by atoms with Crippen molar-refractivity contribution in [2.45, 2.75) is 6.42 Å². The number of hydrogen-bond donors (Lipinski definition) is 0. The van der Waals surface area contributed by atoms with Crippen LogP contribution in [0.25, 0.3) is 6.08 Å². The van der Waals surface area contributed by atoms with Gasteiger partial charge >= 0.3 is 0 Å². The SMILES string of the molecule is C1=Cc2ccccc2C1.F. The van der Waals surface area contributed by atoms with E-state index in [0.29, 0.717) is 0 Å². The van der Waals surface area contributed by atoms with E-state index in [4.69, 9.17) is 0 Å². The molecule has 0 N–H and O–H groups in total. The third-order valence-electron chi connectivity index (χ3n) is 1.69. The van der Waals surface area contributed by atoms with Gasteiger partial charge in [0.05, 0.1) is 0 Å². The summed E-state index contributed by atoms with van der Waals surface area (Å²) in [5.74, 6) is 0. The number of hydrogen-bond acceptors (Lipinski definition) is 0. The number of benzene rings is 1. The molecule has 0 atom stereocenters. The Morgan fingerprint density at radius 3 is 2.70 bits per heavy atom. The van der Waals surface area contributed by atoms with Crippen molar-refractivity contribution in [2.75, 3.05) is 0 Å². The van der Waals surface area contributed by atoms with Crippen LogP contribution in [0, 0.1) is 0 Å². The van der Waals surface area contributed by atoms with Gasteiger partial charge in [-0.25, -0.2) is 0 Å². The quantitative estimate of drug-likeness (QED) is 0.513. The van der Waals surface area contributed by atoms with Gasteiger partial charge in [-0.05, 0) is 17.5 Å². The Balaban J connectivity index is 0.000000500. The lowest BCUT2D eigenvalue weighted by Crippen LogP contribution is -1.76. The molecule has 0 aliphatic heterocycles. The highest BCUT2D eigenvalue weighted by atomic mass is 19.0. The summed E-state index contributed by atoms with van der Waals surface area (Å²) in [6, 6.07) is 8.49. The smallest absolute Gasteiger partial charge is 0.00882 e. The fraction of sp³-hybridized carbons (Fsp3) is 0.111. The van der Waals surface area contributed by atoms with Crippen LogP contribution in [0.2, 0.25) is 0 Å². The second-order valence-electron chi connectivity index (χ2n) is 2.31. The van der Waals surface area contributed by atoms with Crippen LogP contribution in [0.5, 0.6) is 0 Å². The van der Waals surface area contributed by atoms with Gasteiger partial charge in [0.15, 0.2) is 0 Å². The molecule has 2 rings (SSSR count). The summed E-state index contributed by atoms with van der Waals surface area (Å²) in [6.07, 6.45) is 5.50. The first-order valence-electron chi connectivity index (χ1n) is 3.21. The van der Waals surface area contributed by atoms with Crippen molar-refractivity contribution < 1.29 is 4.70 Å². The normalized spacial score (nSPS) is 12.4. The maximum Gasteiger partial charge on any atom is -0.00882 e. The molecule has 0 aromatic heterocycles. The van der Waals surface area contributed by atoms with Gasteiger partial charge in [-0.3, -0.25) is 4.70 Å². The van der Waals surface area contributed by atoms with Crippen molar-refractivity contribution in [1.29, 1.82) is 0 Å². The second kappa shape index (κ2) is 2.65. The van der Waals surface area contributed by atoms with Crippen LogP contribution < -0.4 is 0 Å². The summed E-state index contributed by atoms with van der Waals surface area (Å²) in [4.78, 5) is 0. The molecule has 1 aliphatic rings. The minimum atomic E-state index is 0. The third-order valence-corrected chi connectivity index (χ3v) is 1.69. The van der Waals surface area contributed by atoms with Crippen LogP contribution in [0.4, 0.5) is 4.70 Å². The number of allylic oxidation sites excluding steroid dienone is 1. The van der Waals surface area contributed by atoms with Gasteiger partial charge in [-0.1, -0.05) is 36.4 Å². The van der Waals surface area contributed by atoms with E-state index in [1.165, 1.54) is 11.1 Å². The van der Waals surface area contributed by atoms with E-state index in [2.05, 4.69) is 36.4 Å². The van der Waals surface area contributed by atoms with E-state index >= 15 is 0 Å². The molecule has 0 heterocycles. The molecule has 0 fully saturated rings. The first-order valence-corrected chi connectivity index (χ1v) is 3.21. The molecular weight excluding hydrogens is 127 g/mol. The van der Waals surface area contributed by atoms with Gasteiger partial charge in [-0.2, -0.15) is 0 Å². The predicted octanol–water partition coefficient (Wildman–Crippen LogP) is 2.41. The van der Waals surface area contributed by atoms with Crippen LogP contribution in [-0.4, -0.2) is 0 Å². The Kier molecular flexibility index (Phi) is 1.86. The van der Waals surface area contributed by atoms with Crippen molar-refractivity contribution in [3.05, 3.63) is 41.5 Å². The highest BCUT2D eigenvalue weighted by Crippen LogP contribution is 2.17. The monoisotopic (exact) mass is 136 g/mol. The highest BCUT2D eigenvalue weighted by molar-refractivity contribution is 5.59. The molecule has 52 valence electrons. The standard InChI is InChI=1S/C9H8.FH/c1-2-5-9-7-3-6-8(9)4-1;/h1-6H,7H2;1H. The van der Waals surface area contributed by atoms with Crippen LogP contribution >= 0.6 is 0 Å². The molecule has 0 saturated heterocycles. The molecule has 0 amide bonds. The molecule has 1 aliphatic carbocycles. The molecule has 0 spiro atoms. The second-order valence-corrected chi connectivity index (χ2v) is 2.31. The summed E-state index contributed by atoms with van der Waals surface area (Å²) >= 11 is 0. The maximum absolute atomic E-state index is 2.20. The predicted molar refractivity (Wildman–Crippen MR) is 41.7 cm³/mol. The summed E-state index contributed by atoms with van der Waals surface area (Å²) in [7, 11) is 0. The number of halogens is 1. The topological polar surface area (TPSA) is 0 Å². The first-order chi connectivity index (χ1) is 4.47. The van der Waals surface area contributed by atoms with Crippen LogP contribution in [-0.2, 0) is 6.42 Å². The third kappa shape index (κ3) is 0.947. The van der Waals surface area contributed by atoms with Crippen LogP contribution in [0.15, 0.2) is 30.3 Å². The molecule has 1 aromatic rings. The lowest BCUT2D eigenvalue weighted by Gasteiger charge is -1.93. The molecule has 1 heteroatoms. The van der Waals surface area contributed by atoms with Gasteiger partial charge in [0, 0.05) is 0 Å². The van der Waals surface area contributed by atoms with E-state index in [-0.39, 0.29) is 4.70 Å². The fourth-order valence-electron chi connectivity index (χ4n) is 1.20. The van der Waals surface area contributed by atoms with E-state index in [9.17, 15) is 0 Å². The van der Waals surface area contributed by atoms with Gasteiger partial charge in [0.25, 0.3) is 0 Å². The summed E-state index contributed by atoms with van der Waals surface area (Å²) in [6.45, 7) is 0. The zero-order valence-electron chi connectivity index (χ0n) is 5.58. The Bertz CT molecular complexity index is 251. The summed E-state index contributed by atoms with van der Waals surface area (Å²) in [5, 5.41) is 0. The van der Waals surface area contributed by atoms with Crippen molar-refractivity contribution in [1.82, 2.24) is 0 Å². The minimum absolute atomic E-state index is 0. The average molecular weight is 136 g/mol. The number of fused-ring (bicyclic) bond motifs is 1. The first kappa shape index (κ1) is 7.00. The Morgan fingerprint density at radius 2 is 1.90 bits per heavy atom. The average Bonchev–Trinajstić information content (AvgIpc) is 2.33. The Hall–Kier alpha value is -1.11. The van der Waals surface area contributed by atoms with Gasteiger partial charge < -0.3 is 0 Å². The Morgan fingerprint density at radius 1 is 1.10 bits per heavy atom. The maximum atomic E-state index is 2.20. The van der Waals surface area contributed by atoms with E-state index in [0.717, 1.165) is 6.42 Å². The van der Waals surface area contributed by atoms with Gasteiger partial charge in [0.2, 0.25) is 0 Å². The molecule has 0 bridgehead atoms. The lowest BCUT2D eigenvalue weighted by molar-refractivity contribution is 1.11. The molecule has 0 radical (unpaired) electrons. The molecule has 0 unspecified atom stereocenters. The Labute approximate surface area is 59.6 Å². The molecule has 0 saturated carbocycles. The van der Waals surface area contributed by atoms with Gasteiger partial charge in [-0.15, -0.1) is 0 Å². The summed E-state index contributed by atoms with van der Waals surface area (Å²) in [5.41, 5.74) is 2.84. The minimum Gasteiger partial charge on any atom is -0.269 e. The largest absolute Gasteiger partial charge is 0.269 e. The summed E-state index contributed by atoms with van der Waals surface area (Å²) < 4.78 is 0. The molecule has 0 nitrogen and oxygen atoms in total. The van der Waals surface area contributed by atoms with E-state index in [1.54, 1.807) is 0 Å². The van der Waals surface area contributed by atoms with Crippen molar-refractivity contribution in [2.24, 2.45) is 0 Å². The zero-order valence-corrected chi connectivity index (χ0v) is 5.58. The van der Waals surface area contributed by atoms with Crippen LogP contribution in [0.1, 0.15) is 11.1 Å². The number of rotatable bonds is 0. The fourth-order valence-corrected chi connectivity index (χ4v) is 1.20. The van der Waals surface area contributed by atoms with Crippen molar-refractivity contribution in [3.8, 4) is 0 Å². The molecular formula is C9H9F. The van der Waals surface area contributed by atoms with Gasteiger partial charge in [0.1, 0.15) is 0 Å².